The van der Waals surface area contributed by atoms with Crippen molar-refractivity contribution in [3.05, 3.63) is 29.1 Å². The number of ether oxygens (including phenoxy) is 2. The number of hydrogen-bond acceptors (Lipinski definition) is 4. The average Bonchev–Trinajstić information content (AvgIpc) is 3.05. The first-order valence-corrected chi connectivity index (χ1v) is 9.12. The number of aliphatic imine (C=N–C) groups is 1. The summed E-state index contributed by atoms with van der Waals surface area (Å²) in [5.41, 5.74) is 1.41. The molecule has 3 rings (SSSR count). The summed E-state index contributed by atoms with van der Waals surface area (Å²) in [5.74, 6) is 0.811. The molecule has 0 saturated carbocycles. The van der Waals surface area contributed by atoms with Crippen molar-refractivity contribution in [1.29, 1.82) is 0 Å². The third-order valence-electron chi connectivity index (χ3n) is 4.68. The van der Waals surface area contributed by atoms with Crippen LogP contribution in [0.5, 0.6) is 5.75 Å². The normalized spacial score (nSPS) is 20.6. The van der Waals surface area contributed by atoms with Gasteiger partial charge in [0.1, 0.15) is 11.6 Å². The lowest BCUT2D eigenvalue weighted by molar-refractivity contribution is -0.143. The second-order valence-corrected chi connectivity index (χ2v) is 6.89. The molecule has 0 amide bonds. The number of benzene rings is 1. The molecule has 6 nitrogen and oxygen atoms in total. The van der Waals surface area contributed by atoms with Crippen LogP contribution in [0.25, 0.3) is 0 Å². The summed E-state index contributed by atoms with van der Waals surface area (Å²) in [4.78, 5) is 5.49. The fourth-order valence-electron chi connectivity index (χ4n) is 3.49. The Balaban J connectivity index is 1.49. The minimum atomic E-state index is -4.19. The first-order valence-electron chi connectivity index (χ1n) is 9.12. The Morgan fingerprint density at radius 1 is 1.36 bits per heavy atom. The van der Waals surface area contributed by atoms with E-state index in [-0.39, 0.29) is 18.7 Å². The van der Waals surface area contributed by atoms with Crippen molar-refractivity contribution >= 4 is 5.96 Å². The van der Waals surface area contributed by atoms with Crippen LogP contribution in [0.2, 0.25) is 0 Å². The molecule has 2 aliphatic rings. The number of hydrogen-bond donors (Lipinski definition) is 2. The molecule has 10 heteroatoms. The molecule has 1 unspecified atom stereocenters. The van der Waals surface area contributed by atoms with Crippen LogP contribution in [0.3, 0.4) is 0 Å². The maximum absolute atomic E-state index is 13.8. The van der Waals surface area contributed by atoms with Crippen molar-refractivity contribution in [2.75, 3.05) is 40.0 Å². The van der Waals surface area contributed by atoms with Crippen LogP contribution in [0, 0.1) is 5.82 Å². The van der Waals surface area contributed by atoms with Crippen molar-refractivity contribution in [2.24, 2.45) is 4.99 Å². The van der Waals surface area contributed by atoms with Gasteiger partial charge in [-0.1, -0.05) is 0 Å². The van der Waals surface area contributed by atoms with Gasteiger partial charge in [0.25, 0.3) is 0 Å². The van der Waals surface area contributed by atoms with Gasteiger partial charge in [0.2, 0.25) is 0 Å². The Hall–Kier alpha value is -2.07. The molecule has 156 valence electrons. The van der Waals surface area contributed by atoms with E-state index in [9.17, 15) is 17.6 Å². The molecule has 0 aliphatic carbocycles. The second-order valence-electron chi connectivity index (χ2n) is 6.89. The van der Waals surface area contributed by atoms with Crippen molar-refractivity contribution in [2.45, 2.75) is 31.7 Å². The Morgan fingerprint density at radius 3 is 2.93 bits per heavy atom. The van der Waals surface area contributed by atoms with E-state index < -0.39 is 12.7 Å². The second kappa shape index (κ2) is 8.95. The quantitative estimate of drug-likeness (QED) is 0.447. The van der Waals surface area contributed by atoms with Gasteiger partial charge in [-0.05, 0) is 30.5 Å². The van der Waals surface area contributed by atoms with Crippen molar-refractivity contribution in [3.63, 3.8) is 0 Å². The van der Waals surface area contributed by atoms with E-state index in [0.717, 1.165) is 5.56 Å². The molecule has 1 fully saturated rings. The van der Waals surface area contributed by atoms with Crippen LogP contribution in [-0.4, -0.2) is 63.1 Å². The summed E-state index contributed by atoms with van der Waals surface area (Å²) in [7, 11) is 1.60. The molecule has 0 radical (unpaired) electrons. The standard InChI is InChI=1S/C18H24F4N4O2/c1-23-17(25-15-3-5-26(8-15)10-18(20,21)22)24-4-2-12-6-14(19)7-13-9-27-11-28-16(12)13/h6-7,15H,2-5,8-11H2,1H3,(H2,23,24,25). The Labute approximate surface area is 160 Å². The highest BCUT2D eigenvalue weighted by Crippen LogP contribution is 2.29. The zero-order valence-corrected chi connectivity index (χ0v) is 15.6. The number of nitrogens with one attached hydrogen (secondary N) is 2. The summed E-state index contributed by atoms with van der Waals surface area (Å²) in [6.07, 6.45) is -3.07. The highest BCUT2D eigenvalue weighted by Gasteiger charge is 2.34. The number of rotatable bonds is 5. The Morgan fingerprint density at radius 2 is 2.18 bits per heavy atom. The van der Waals surface area contributed by atoms with Gasteiger partial charge in [-0.3, -0.25) is 9.89 Å². The van der Waals surface area contributed by atoms with E-state index >= 15 is 0 Å². The summed E-state index contributed by atoms with van der Waals surface area (Å²) in [6.45, 7) is 0.726. The van der Waals surface area contributed by atoms with Crippen molar-refractivity contribution in [1.82, 2.24) is 15.5 Å². The Bertz CT molecular complexity index is 712. The van der Waals surface area contributed by atoms with Crippen LogP contribution in [0.4, 0.5) is 17.6 Å². The Kier molecular flexibility index (Phi) is 6.61. The largest absolute Gasteiger partial charge is 0.467 e. The van der Waals surface area contributed by atoms with E-state index in [1.54, 1.807) is 7.05 Å². The summed E-state index contributed by atoms with van der Waals surface area (Å²) < 4.78 is 61.9. The lowest BCUT2D eigenvalue weighted by atomic mass is 10.1. The minimum absolute atomic E-state index is 0.101. The molecule has 0 spiro atoms. The fraction of sp³-hybridized carbons (Fsp3) is 0.611. The summed E-state index contributed by atoms with van der Waals surface area (Å²) in [5, 5.41) is 6.27. The van der Waals surface area contributed by atoms with E-state index in [1.165, 1.54) is 17.0 Å². The van der Waals surface area contributed by atoms with Gasteiger partial charge in [-0.25, -0.2) is 4.39 Å². The molecule has 0 bridgehead atoms. The van der Waals surface area contributed by atoms with E-state index in [0.29, 0.717) is 56.4 Å². The molecule has 0 aromatic heterocycles. The first-order chi connectivity index (χ1) is 13.3. The smallest absolute Gasteiger partial charge is 0.401 e. The van der Waals surface area contributed by atoms with Gasteiger partial charge in [0, 0.05) is 38.3 Å². The lowest BCUT2D eigenvalue weighted by Gasteiger charge is -2.22. The van der Waals surface area contributed by atoms with E-state index in [2.05, 4.69) is 15.6 Å². The van der Waals surface area contributed by atoms with Gasteiger partial charge < -0.3 is 20.1 Å². The maximum Gasteiger partial charge on any atom is 0.401 e. The number of fused-ring (bicyclic) bond motifs is 1. The number of likely N-dealkylation sites (tertiary alicyclic amines) is 1. The van der Waals surface area contributed by atoms with Crippen LogP contribution in [0.1, 0.15) is 17.5 Å². The minimum Gasteiger partial charge on any atom is -0.467 e. The predicted molar refractivity (Wildman–Crippen MR) is 95.8 cm³/mol. The fourth-order valence-corrected chi connectivity index (χ4v) is 3.49. The molecular weight excluding hydrogens is 380 g/mol. The molecule has 1 saturated heterocycles. The van der Waals surface area contributed by atoms with Crippen molar-refractivity contribution < 1.29 is 27.0 Å². The monoisotopic (exact) mass is 404 g/mol. The number of nitrogens with zero attached hydrogens (tertiary/aromatic N) is 2. The zero-order valence-electron chi connectivity index (χ0n) is 15.6. The third-order valence-corrected chi connectivity index (χ3v) is 4.68. The van der Waals surface area contributed by atoms with Crippen LogP contribution in [-0.2, 0) is 17.8 Å². The van der Waals surface area contributed by atoms with Gasteiger partial charge >= 0.3 is 6.18 Å². The molecule has 1 aromatic rings. The molecule has 2 aliphatic heterocycles. The van der Waals surface area contributed by atoms with Gasteiger partial charge in [0.05, 0.1) is 13.2 Å². The van der Waals surface area contributed by atoms with Crippen molar-refractivity contribution in [3.8, 4) is 5.75 Å². The predicted octanol–water partition coefficient (Wildman–Crippen LogP) is 2.04. The van der Waals surface area contributed by atoms with Crippen LogP contribution in [0.15, 0.2) is 17.1 Å². The third kappa shape index (κ3) is 5.71. The van der Waals surface area contributed by atoms with E-state index in [1.807, 2.05) is 0 Å². The van der Waals surface area contributed by atoms with Gasteiger partial charge in [-0.2, -0.15) is 13.2 Å². The van der Waals surface area contributed by atoms with Crippen LogP contribution < -0.4 is 15.4 Å². The highest BCUT2D eigenvalue weighted by molar-refractivity contribution is 5.80. The highest BCUT2D eigenvalue weighted by atomic mass is 19.4. The molecule has 1 aromatic carbocycles. The van der Waals surface area contributed by atoms with E-state index in [4.69, 9.17) is 9.47 Å². The summed E-state index contributed by atoms with van der Waals surface area (Å²) >= 11 is 0. The van der Waals surface area contributed by atoms with Gasteiger partial charge in [0.15, 0.2) is 12.8 Å². The number of alkyl halides is 3. The molecule has 2 N–H and O–H groups in total. The SMILES string of the molecule is CN=C(NCCc1cc(F)cc2c1OCOC2)NC1CCN(CC(F)(F)F)C1. The maximum atomic E-state index is 13.8. The lowest BCUT2D eigenvalue weighted by Crippen LogP contribution is -2.45. The first kappa shape index (κ1) is 20.7. The van der Waals surface area contributed by atoms with Gasteiger partial charge in [-0.15, -0.1) is 0 Å². The number of halogens is 4. The molecule has 1 atom stereocenters. The molecule has 2 heterocycles. The zero-order chi connectivity index (χ0) is 20.1. The van der Waals surface area contributed by atoms with Crippen LogP contribution >= 0.6 is 0 Å². The number of guanidine groups is 1. The summed E-state index contributed by atoms with van der Waals surface area (Å²) in [6, 6.07) is 2.74. The molecular formula is C18H24F4N4O2. The molecule has 28 heavy (non-hydrogen) atoms. The topological polar surface area (TPSA) is 58.1 Å². The average molecular weight is 404 g/mol.